The van der Waals surface area contributed by atoms with Crippen LogP contribution in [0, 0.1) is 41.4 Å². The highest BCUT2D eigenvalue weighted by Crippen LogP contribution is 2.49. The first-order valence-corrected chi connectivity index (χ1v) is 20.8. The van der Waals surface area contributed by atoms with Crippen LogP contribution in [0.2, 0.25) is 0 Å². The van der Waals surface area contributed by atoms with E-state index in [-0.39, 0.29) is 45.4 Å². The normalized spacial score (nSPS) is 33.5. The van der Waals surface area contributed by atoms with Crippen LogP contribution in [0.4, 0.5) is 5.69 Å². The number of pyridine rings is 1. The molecule has 2 aromatic heterocycles. The molecule has 3 aliphatic heterocycles. The number of carbonyl (C=O) groups is 2. The Kier molecular flexibility index (Phi) is 12.5. The summed E-state index contributed by atoms with van der Waals surface area (Å²) in [6.07, 6.45) is 9.50. The number of aromatic hydroxyl groups is 1. The van der Waals surface area contributed by atoms with Gasteiger partial charge in [0.2, 0.25) is 5.78 Å². The van der Waals surface area contributed by atoms with E-state index in [4.69, 9.17) is 14.5 Å². The van der Waals surface area contributed by atoms with Gasteiger partial charge >= 0.3 is 0 Å². The molecule has 61 heavy (non-hydrogen) atoms. The molecule has 1 unspecified atom stereocenters. The maximum atomic E-state index is 14.3. The highest BCUT2D eigenvalue weighted by molar-refractivity contribution is 6.22. The summed E-state index contributed by atoms with van der Waals surface area (Å²) < 4.78 is 13.3. The summed E-state index contributed by atoms with van der Waals surface area (Å²) in [5.74, 6) is -3.89. The van der Waals surface area contributed by atoms with E-state index >= 15 is 0 Å². The number of piperidine rings is 1. The fourth-order valence-corrected chi connectivity index (χ4v) is 8.91. The van der Waals surface area contributed by atoms with Gasteiger partial charge in [-0.2, -0.15) is 5.10 Å². The van der Waals surface area contributed by atoms with E-state index in [9.17, 15) is 40.2 Å². The van der Waals surface area contributed by atoms with Crippen LogP contribution < -0.4 is 5.32 Å². The van der Waals surface area contributed by atoms with Crippen LogP contribution in [0.3, 0.4) is 0 Å². The molecule has 7 rings (SSSR count). The molecule has 7 N–H and O–H groups in total. The van der Waals surface area contributed by atoms with Crippen LogP contribution in [0.1, 0.15) is 81.8 Å². The van der Waals surface area contributed by atoms with Gasteiger partial charge in [0, 0.05) is 79.3 Å². The zero-order valence-corrected chi connectivity index (χ0v) is 35.2. The number of ether oxygens (including phenoxy) is 2. The Labute approximate surface area is 354 Å². The number of Topliss-reactive ketones (excluding diaryl/α,β-unsaturated/α-hetero) is 1. The predicted molar refractivity (Wildman–Crippen MR) is 229 cm³/mol. The highest BCUT2D eigenvalue weighted by atomic mass is 16.6. The van der Waals surface area contributed by atoms with Crippen molar-refractivity contribution in [2.45, 2.75) is 90.5 Å². The standard InChI is InChI=1S/C46H55N5O10/c1-24-11-10-12-25(2)45(58)49-38-39-37(48-33-16-13-28(23-51(33)39)22-47-50-18-8-7-9-19-50)36-34-29(14-15-31(52)35(36)43(38)56)21-30(42(55)27(4)41(54)26(3)40(24)53)32(60-6)17-20-61-46(5,59)44(34)57/h10-13,16-17,20,22-24,26-27,29-30,32,40-42,53-57,59H,7-9,18-19,21H2,1-6H3,(H,49,58)/b11-10+,20-17+,25-12-,44-34?,47-22+/t24-,26+,27+,29?,30+,32-,40-,41+,42-,46+/m0/s1. The number of rotatable bonds is 3. The summed E-state index contributed by atoms with van der Waals surface area (Å²) >= 11 is 0. The van der Waals surface area contributed by atoms with Gasteiger partial charge < -0.3 is 45.4 Å². The summed E-state index contributed by atoms with van der Waals surface area (Å²) in [5.41, 5.74) is 0.713. The molecule has 4 aliphatic rings. The monoisotopic (exact) mass is 837 g/mol. The average Bonchev–Trinajstić information content (AvgIpc) is 3.56. The number of aliphatic hydroxyl groups is 5. The lowest BCUT2D eigenvalue weighted by molar-refractivity contribution is -0.144. The number of fused-ring (bicyclic) bond motifs is 6. The van der Waals surface area contributed by atoms with Crippen molar-refractivity contribution in [1.29, 1.82) is 0 Å². The SMILES string of the molecule is CO[C@H]1/C=C/O[C@@](C)(O)C(O)=C2c3c4c(O)c(c5c3nc3ccc(/C=N/N6CCCCC6)cn35)NC(=O)/C(C)=C\C=C\[C@H](C)[C@H](O)[C@@H](C)[C@@H](O)[C@@H](C)[C@H](O)[C@@H]1CC2C#CC4=O. The first-order valence-electron chi connectivity index (χ1n) is 20.8. The van der Waals surface area contributed by atoms with Crippen LogP contribution in [-0.2, 0) is 14.3 Å². The highest BCUT2D eigenvalue weighted by Gasteiger charge is 2.44. The van der Waals surface area contributed by atoms with E-state index in [2.05, 4.69) is 22.3 Å². The molecule has 0 saturated carbocycles. The van der Waals surface area contributed by atoms with E-state index in [0.717, 1.165) is 38.6 Å². The molecule has 15 nitrogen and oxygen atoms in total. The molecule has 6 bridgehead atoms. The summed E-state index contributed by atoms with van der Waals surface area (Å²) in [5, 5.41) is 81.1. The van der Waals surface area contributed by atoms with Crippen molar-refractivity contribution >= 4 is 45.8 Å². The van der Waals surface area contributed by atoms with Crippen LogP contribution >= 0.6 is 0 Å². The van der Waals surface area contributed by atoms with Gasteiger partial charge in [0.15, 0.2) is 11.5 Å². The molecule has 0 radical (unpaired) electrons. The van der Waals surface area contributed by atoms with E-state index in [0.29, 0.717) is 11.2 Å². The number of ketones is 1. The topological polar surface area (TPSA) is 219 Å². The Morgan fingerprint density at radius 2 is 1.74 bits per heavy atom. The zero-order chi connectivity index (χ0) is 43.9. The number of amides is 1. The molecule has 15 heteroatoms. The molecule has 1 saturated heterocycles. The van der Waals surface area contributed by atoms with E-state index in [1.165, 1.54) is 26.2 Å². The second-order valence-corrected chi connectivity index (χ2v) is 16.9. The van der Waals surface area contributed by atoms with Crippen molar-refractivity contribution in [3.63, 3.8) is 0 Å². The zero-order valence-electron chi connectivity index (χ0n) is 35.2. The van der Waals surface area contributed by atoms with E-state index in [1.807, 2.05) is 11.1 Å². The number of anilines is 1. The lowest BCUT2D eigenvalue weighted by atomic mass is 9.73. The first kappa shape index (κ1) is 43.6. The molecule has 1 fully saturated rings. The molecule has 10 atom stereocenters. The average molecular weight is 838 g/mol. The number of methoxy groups -OCH3 is 1. The Hall–Kier alpha value is -5.50. The third kappa shape index (κ3) is 8.30. The maximum absolute atomic E-state index is 14.3. The third-order valence-corrected chi connectivity index (χ3v) is 12.7. The first-order chi connectivity index (χ1) is 29.0. The molecule has 1 aromatic carbocycles. The minimum Gasteiger partial charge on any atom is -0.506 e. The van der Waals surface area contributed by atoms with Crippen LogP contribution in [0.25, 0.3) is 22.3 Å². The molecule has 1 aliphatic carbocycles. The van der Waals surface area contributed by atoms with Crippen molar-refractivity contribution in [2.24, 2.45) is 34.7 Å². The lowest BCUT2D eigenvalue weighted by Crippen LogP contribution is -2.46. The van der Waals surface area contributed by atoms with E-state index in [1.54, 1.807) is 62.7 Å². The number of carbonyl (C=O) groups excluding carboxylic acids is 2. The second-order valence-electron chi connectivity index (χ2n) is 16.9. The lowest BCUT2D eigenvalue weighted by Gasteiger charge is -2.39. The molecule has 3 aromatic rings. The number of hydrogen-bond donors (Lipinski definition) is 7. The molecular weight excluding hydrogens is 783 g/mol. The summed E-state index contributed by atoms with van der Waals surface area (Å²) in [6, 6.07) is 3.53. The summed E-state index contributed by atoms with van der Waals surface area (Å²) in [6.45, 7) is 9.53. The van der Waals surface area contributed by atoms with Crippen molar-refractivity contribution in [1.82, 2.24) is 14.4 Å². The van der Waals surface area contributed by atoms with Crippen molar-refractivity contribution < 1.29 is 49.7 Å². The van der Waals surface area contributed by atoms with Gasteiger partial charge in [-0.25, -0.2) is 4.98 Å². The number of phenolic OH excluding ortho intramolecular Hbond substituents is 1. The van der Waals surface area contributed by atoms with Gasteiger partial charge in [0.05, 0.1) is 48.4 Å². The number of nitrogens with one attached hydrogen (secondary N) is 1. The van der Waals surface area contributed by atoms with Gasteiger partial charge in [-0.3, -0.25) is 19.0 Å². The fraction of sp³-hybridized carbons (Fsp3) is 0.478. The molecule has 5 heterocycles. The van der Waals surface area contributed by atoms with Gasteiger partial charge in [0.25, 0.3) is 11.7 Å². The van der Waals surface area contributed by atoms with Gasteiger partial charge in [-0.15, -0.1) is 0 Å². The Morgan fingerprint density at radius 3 is 2.46 bits per heavy atom. The second kappa shape index (κ2) is 17.5. The minimum absolute atomic E-state index is 0.0683. The maximum Gasteiger partial charge on any atom is 0.263 e. The summed E-state index contributed by atoms with van der Waals surface area (Å²) in [4.78, 5) is 33.3. The number of allylic oxidation sites excluding steroid dienone is 3. The molecule has 0 spiro atoms. The summed E-state index contributed by atoms with van der Waals surface area (Å²) in [7, 11) is 1.42. The molecule has 1 amide bonds. The minimum atomic E-state index is -2.43. The quantitative estimate of drug-likeness (QED) is 0.0818. The van der Waals surface area contributed by atoms with Crippen LogP contribution in [0.5, 0.6) is 5.75 Å². The van der Waals surface area contributed by atoms with Gasteiger partial charge in [-0.05, 0) is 56.7 Å². The number of aromatic nitrogens is 2. The van der Waals surface area contributed by atoms with E-state index < -0.39 is 83.0 Å². The van der Waals surface area contributed by atoms with Crippen molar-refractivity contribution in [3.8, 4) is 17.6 Å². The number of phenols is 1. The Morgan fingerprint density at radius 1 is 1.02 bits per heavy atom. The predicted octanol–water partition coefficient (Wildman–Crippen LogP) is 4.82. The largest absolute Gasteiger partial charge is 0.506 e. The van der Waals surface area contributed by atoms with Crippen LogP contribution in [0.15, 0.2) is 65.3 Å². The Bertz CT molecular complexity index is 2430. The Balaban J connectivity index is 1.55. The number of aliphatic hydroxyl groups excluding tert-OH is 4. The number of imidazole rings is 1. The number of hydrogen-bond acceptors (Lipinski definition) is 13. The number of nitrogens with zero attached hydrogens (tertiary/aromatic N) is 4. The van der Waals surface area contributed by atoms with Gasteiger partial charge in [-0.1, -0.05) is 44.9 Å². The molecular formula is C46H55N5O10. The van der Waals surface area contributed by atoms with Crippen molar-refractivity contribution in [2.75, 3.05) is 25.5 Å². The number of hydrazone groups is 1. The third-order valence-electron chi connectivity index (χ3n) is 12.7. The van der Waals surface area contributed by atoms with Gasteiger partial charge in [0.1, 0.15) is 22.4 Å². The fourth-order valence-electron chi connectivity index (χ4n) is 8.91. The van der Waals surface area contributed by atoms with Crippen LogP contribution in [-0.4, -0.2) is 113 Å². The molecule has 324 valence electrons. The van der Waals surface area contributed by atoms with Crippen molar-refractivity contribution in [3.05, 3.63) is 76.9 Å². The number of benzene rings is 1. The smallest absolute Gasteiger partial charge is 0.263 e.